The van der Waals surface area contributed by atoms with Crippen molar-refractivity contribution in [2.24, 2.45) is 0 Å². The van der Waals surface area contributed by atoms with Gasteiger partial charge in [-0.05, 0) is 25.0 Å². The van der Waals surface area contributed by atoms with Gasteiger partial charge < -0.3 is 14.2 Å². The predicted molar refractivity (Wildman–Crippen MR) is 83.7 cm³/mol. The first-order chi connectivity index (χ1) is 11.9. The maximum atomic E-state index is 12.8. The van der Waals surface area contributed by atoms with Crippen LogP contribution < -0.4 is 0 Å². The van der Waals surface area contributed by atoms with Crippen molar-refractivity contribution in [3.05, 3.63) is 29.6 Å². The standard InChI is InChI=1S/C17H18F3N3O2/c18-17(19,20)12-6-11-7-13-10-22(3-4-23(13)16(11)21-9-12)15(24)8-14-2-1-5-25-14/h6-7,9,14H,1-5,8,10H2. The third kappa shape index (κ3) is 3.10. The van der Waals surface area contributed by atoms with Crippen LogP contribution >= 0.6 is 0 Å². The van der Waals surface area contributed by atoms with Crippen LogP contribution in [0.2, 0.25) is 0 Å². The van der Waals surface area contributed by atoms with Crippen LogP contribution in [0.25, 0.3) is 11.0 Å². The number of pyridine rings is 1. The fourth-order valence-electron chi connectivity index (χ4n) is 3.57. The molecule has 0 radical (unpaired) electrons. The molecule has 1 unspecified atom stereocenters. The van der Waals surface area contributed by atoms with Crippen molar-refractivity contribution in [3.8, 4) is 0 Å². The van der Waals surface area contributed by atoms with Gasteiger partial charge in [0.05, 0.1) is 24.6 Å². The lowest BCUT2D eigenvalue weighted by Crippen LogP contribution is -2.39. The largest absolute Gasteiger partial charge is 0.417 e. The Morgan fingerprint density at radius 3 is 2.88 bits per heavy atom. The molecule has 0 aromatic carbocycles. The molecule has 25 heavy (non-hydrogen) atoms. The maximum Gasteiger partial charge on any atom is 0.417 e. The summed E-state index contributed by atoms with van der Waals surface area (Å²) in [5.74, 6) is 0.0346. The van der Waals surface area contributed by atoms with Gasteiger partial charge in [0.25, 0.3) is 0 Å². The van der Waals surface area contributed by atoms with Gasteiger partial charge >= 0.3 is 6.18 Å². The number of hydrogen-bond donors (Lipinski definition) is 0. The number of rotatable bonds is 2. The van der Waals surface area contributed by atoms with Crippen molar-refractivity contribution < 1.29 is 22.7 Å². The van der Waals surface area contributed by atoms with Gasteiger partial charge in [-0.3, -0.25) is 4.79 Å². The number of halogens is 3. The summed E-state index contributed by atoms with van der Waals surface area (Å²) in [5, 5.41) is 0.457. The van der Waals surface area contributed by atoms with Gasteiger partial charge in [0, 0.05) is 37.0 Å². The van der Waals surface area contributed by atoms with Crippen molar-refractivity contribution in [3.63, 3.8) is 0 Å². The van der Waals surface area contributed by atoms with E-state index >= 15 is 0 Å². The molecular formula is C17H18F3N3O2. The second-order valence-corrected chi connectivity index (χ2v) is 6.58. The summed E-state index contributed by atoms with van der Waals surface area (Å²) in [7, 11) is 0. The highest BCUT2D eigenvalue weighted by Crippen LogP contribution is 2.32. The molecule has 2 aromatic rings. The molecule has 0 bridgehead atoms. The average molecular weight is 353 g/mol. The first-order valence-electron chi connectivity index (χ1n) is 8.36. The molecule has 0 saturated carbocycles. The molecule has 1 saturated heterocycles. The van der Waals surface area contributed by atoms with E-state index in [1.165, 1.54) is 0 Å². The minimum Gasteiger partial charge on any atom is -0.378 e. The number of alkyl halides is 3. The number of ether oxygens (including phenoxy) is 1. The van der Waals surface area contributed by atoms with Crippen LogP contribution in [0, 0.1) is 0 Å². The number of carbonyl (C=O) groups excluding carboxylic acids is 1. The summed E-state index contributed by atoms with van der Waals surface area (Å²) in [4.78, 5) is 18.2. The molecule has 4 rings (SSSR count). The van der Waals surface area contributed by atoms with Crippen LogP contribution in [0.1, 0.15) is 30.5 Å². The normalized spacial score (nSPS) is 20.9. The summed E-state index contributed by atoms with van der Waals surface area (Å²) in [6.07, 6.45) is -1.28. The minimum atomic E-state index is -4.41. The molecular weight excluding hydrogens is 335 g/mol. The first-order valence-corrected chi connectivity index (χ1v) is 8.36. The van der Waals surface area contributed by atoms with Gasteiger partial charge in [-0.2, -0.15) is 13.2 Å². The number of aromatic nitrogens is 2. The van der Waals surface area contributed by atoms with Gasteiger partial charge in [-0.25, -0.2) is 4.98 Å². The van der Waals surface area contributed by atoms with Crippen molar-refractivity contribution in [2.45, 2.75) is 44.6 Å². The zero-order valence-corrected chi connectivity index (χ0v) is 13.6. The number of fused-ring (bicyclic) bond motifs is 3. The zero-order chi connectivity index (χ0) is 17.6. The fourth-order valence-corrected chi connectivity index (χ4v) is 3.57. The highest BCUT2D eigenvalue weighted by molar-refractivity contribution is 5.80. The van der Waals surface area contributed by atoms with Crippen LogP contribution in [-0.4, -0.2) is 39.6 Å². The maximum absolute atomic E-state index is 12.8. The first kappa shape index (κ1) is 16.4. The quantitative estimate of drug-likeness (QED) is 0.834. The molecule has 134 valence electrons. The van der Waals surface area contributed by atoms with E-state index in [-0.39, 0.29) is 12.0 Å². The predicted octanol–water partition coefficient (Wildman–Crippen LogP) is 2.97. The Kier molecular flexibility index (Phi) is 3.94. The molecule has 0 aliphatic carbocycles. The minimum absolute atomic E-state index is 0.00343. The van der Waals surface area contributed by atoms with Crippen LogP contribution in [0.15, 0.2) is 18.3 Å². The molecule has 1 atom stereocenters. The second kappa shape index (κ2) is 6.01. The molecule has 8 heteroatoms. The molecule has 5 nitrogen and oxygen atoms in total. The number of nitrogens with zero attached hydrogens (tertiary/aromatic N) is 3. The van der Waals surface area contributed by atoms with Gasteiger partial charge in [-0.1, -0.05) is 0 Å². The fraction of sp³-hybridized carbons (Fsp3) is 0.529. The third-order valence-corrected chi connectivity index (χ3v) is 4.87. The second-order valence-electron chi connectivity index (χ2n) is 6.58. The van der Waals surface area contributed by atoms with E-state index in [0.717, 1.165) is 30.8 Å². The topological polar surface area (TPSA) is 47.4 Å². The lowest BCUT2D eigenvalue weighted by Gasteiger charge is -2.29. The highest BCUT2D eigenvalue weighted by Gasteiger charge is 2.32. The Bertz CT molecular complexity index is 809. The van der Waals surface area contributed by atoms with Crippen LogP contribution in [0.3, 0.4) is 0 Å². The van der Waals surface area contributed by atoms with Crippen molar-refractivity contribution in [1.82, 2.24) is 14.5 Å². The van der Waals surface area contributed by atoms with Gasteiger partial charge in [0.2, 0.25) is 5.91 Å². The van der Waals surface area contributed by atoms with E-state index in [2.05, 4.69) is 4.98 Å². The number of carbonyl (C=O) groups is 1. The molecule has 4 heterocycles. The monoisotopic (exact) mass is 353 g/mol. The molecule has 2 aliphatic heterocycles. The van der Waals surface area contributed by atoms with Crippen LogP contribution in [0.4, 0.5) is 13.2 Å². The smallest absolute Gasteiger partial charge is 0.378 e. The lowest BCUT2D eigenvalue weighted by atomic mass is 10.1. The van der Waals surface area contributed by atoms with Crippen molar-refractivity contribution >= 4 is 16.9 Å². The number of amides is 1. The lowest BCUT2D eigenvalue weighted by molar-refractivity contribution is -0.138. The van der Waals surface area contributed by atoms with E-state index in [0.29, 0.717) is 43.7 Å². The van der Waals surface area contributed by atoms with E-state index in [1.807, 2.05) is 4.57 Å². The molecule has 0 N–H and O–H groups in total. The van der Waals surface area contributed by atoms with E-state index in [1.54, 1.807) is 11.0 Å². The summed E-state index contributed by atoms with van der Waals surface area (Å²) >= 11 is 0. The van der Waals surface area contributed by atoms with Crippen LogP contribution in [-0.2, 0) is 28.8 Å². The summed E-state index contributed by atoms with van der Waals surface area (Å²) < 4.78 is 45.9. The molecule has 2 aliphatic rings. The Hall–Kier alpha value is -2.09. The molecule has 1 amide bonds. The van der Waals surface area contributed by atoms with Crippen LogP contribution in [0.5, 0.6) is 0 Å². The Morgan fingerprint density at radius 1 is 1.32 bits per heavy atom. The highest BCUT2D eigenvalue weighted by atomic mass is 19.4. The van der Waals surface area contributed by atoms with E-state index in [4.69, 9.17) is 4.74 Å². The van der Waals surface area contributed by atoms with E-state index < -0.39 is 11.7 Å². The Labute approximate surface area is 142 Å². The summed E-state index contributed by atoms with van der Waals surface area (Å²) in [6, 6.07) is 2.81. The molecule has 1 fully saturated rings. The average Bonchev–Trinajstić information content (AvgIpc) is 3.19. The third-order valence-electron chi connectivity index (χ3n) is 4.87. The van der Waals surface area contributed by atoms with Gasteiger partial charge in [0.15, 0.2) is 0 Å². The SMILES string of the molecule is O=C(CC1CCCO1)N1CCn2c(cc3cc(C(F)(F)F)cnc32)C1. The van der Waals surface area contributed by atoms with Crippen molar-refractivity contribution in [2.75, 3.05) is 13.2 Å². The number of hydrogen-bond acceptors (Lipinski definition) is 3. The Morgan fingerprint density at radius 2 is 2.16 bits per heavy atom. The zero-order valence-electron chi connectivity index (χ0n) is 13.6. The van der Waals surface area contributed by atoms with Gasteiger partial charge in [0.1, 0.15) is 5.65 Å². The Balaban J connectivity index is 1.55. The van der Waals surface area contributed by atoms with Gasteiger partial charge in [-0.15, -0.1) is 0 Å². The molecule has 0 spiro atoms. The molecule has 2 aromatic heterocycles. The summed E-state index contributed by atoms with van der Waals surface area (Å²) in [5.41, 5.74) is 0.595. The van der Waals surface area contributed by atoms with E-state index in [9.17, 15) is 18.0 Å². The summed E-state index contributed by atoms with van der Waals surface area (Å²) in [6.45, 7) is 2.17. The van der Waals surface area contributed by atoms with Crippen molar-refractivity contribution in [1.29, 1.82) is 0 Å².